The lowest BCUT2D eigenvalue weighted by Crippen LogP contribution is -2.50. The molecule has 0 radical (unpaired) electrons. The Hall–Kier alpha value is -0.570. The fraction of sp³-hybridized carbons (Fsp3) is 0.917. The van der Waals surface area contributed by atoms with Gasteiger partial charge in [-0.15, -0.1) is 0 Å². The van der Waals surface area contributed by atoms with Crippen molar-refractivity contribution in [1.29, 1.82) is 0 Å². The minimum Gasteiger partial charge on any atom is -0.341 e. The Morgan fingerprint density at radius 3 is 2.40 bits per heavy atom. The highest BCUT2D eigenvalue weighted by Gasteiger charge is 2.29. The van der Waals surface area contributed by atoms with E-state index < -0.39 is 0 Å². The van der Waals surface area contributed by atoms with Crippen molar-refractivity contribution in [3.05, 3.63) is 0 Å². The van der Waals surface area contributed by atoms with Gasteiger partial charge in [-0.1, -0.05) is 27.7 Å². The Morgan fingerprint density at radius 2 is 1.93 bits per heavy atom. The van der Waals surface area contributed by atoms with Crippen LogP contribution in [0, 0.1) is 17.8 Å². The summed E-state index contributed by atoms with van der Waals surface area (Å²) in [6.45, 7) is 10.2. The molecule has 1 saturated heterocycles. The summed E-state index contributed by atoms with van der Waals surface area (Å²) in [5.41, 5.74) is 5.88. The number of carbonyl (C=O) groups excluding carboxylic acids is 1. The third-order valence-corrected chi connectivity index (χ3v) is 3.65. The number of nitrogens with two attached hydrogens (primary N) is 1. The summed E-state index contributed by atoms with van der Waals surface area (Å²) in [6.07, 6.45) is 1.11. The summed E-state index contributed by atoms with van der Waals surface area (Å²) >= 11 is 0. The van der Waals surface area contributed by atoms with E-state index in [2.05, 4.69) is 13.8 Å². The summed E-state index contributed by atoms with van der Waals surface area (Å²) in [5.74, 6) is 1.68. The van der Waals surface area contributed by atoms with Crippen molar-refractivity contribution in [1.82, 2.24) is 4.90 Å². The first-order chi connectivity index (χ1) is 6.93. The van der Waals surface area contributed by atoms with E-state index in [4.69, 9.17) is 5.73 Å². The van der Waals surface area contributed by atoms with Crippen LogP contribution in [0.5, 0.6) is 0 Å². The number of likely N-dealkylation sites (tertiary alicyclic amines) is 1. The van der Waals surface area contributed by atoms with E-state index in [0.717, 1.165) is 25.4 Å². The minimum absolute atomic E-state index is 0.128. The van der Waals surface area contributed by atoms with Crippen LogP contribution in [0.25, 0.3) is 0 Å². The molecule has 1 amide bonds. The van der Waals surface area contributed by atoms with Crippen LogP contribution in [0.1, 0.15) is 34.1 Å². The summed E-state index contributed by atoms with van der Waals surface area (Å²) < 4.78 is 0. The van der Waals surface area contributed by atoms with Gasteiger partial charge in [-0.2, -0.15) is 0 Å². The van der Waals surface area contributed by atoms with Gasteiger partial charge in [0.25, 0.3) is 0 Å². The largest absolute Gasteiger partial charge is 0.341 e. The maximum atomic E-state index is 12.0. The van der Waals surface area contributed by atoms with E-state index in [1.165, 1.54) is 0 Å². The molecule has 88 valence electrons. The number of rotatable bonds is 2. The van der Waals surface area contributed by atoms with E-state index in [1.807, 2.05) is 18.7 Å². The second kappa shape index (κ2) is 4.97. The number of hydrogen-bond acceptors (Lipinski definition) is 2. The number of piperidine rings is 1. The zero-order chi connectivity index (χ0) is 11.6. The van der Waals surface area contributed by atoms with Crippen molar-refractivity contribution in [3.8, 4) is 0 Å². The quantitative estimate of drug-likeness (QED) is 0.753. The Balaban J connectivity index is 2.54. The fourth-order valence-electron chi connectivity index (χ4n) is 1.96. The Kier molecular flexibility index (Phi) is 4.14. The molecule has 0 spiro atoms. The number of amides is 1. The molecule has 15 heavy (non-hydrogen) atoms. The fourth-order valence-corrected chi connectivity index (χ4v) is 1.96. The van der Waals surface area contributed by atoms with Crippen LogP contribution in [0.15, 0.2) is 0 Å². The highest BCUT2D eigenvalue weighted by molar-refractivity contribution is 5.82. The first-order valence-corrected chi connectivity index (χ1v) is 5.97. The summed E-state index contributed by atoms with van der Waals surface area (Å²) in [6, 6.07) is -0.328. The van der Waals surface area contributed by atoms with Crippen molar-refractivity contribution in [2.75, 3.05) is 13.1 Å². The molecule has 0 bridgehead atoms. The van der Waals surface area contributed by atoms with Crippen LogP contribution in [-0.2, 0) is 4.79 Å². The molecule has 1 aliphatic rings. The number of hydrogen-bond donors (Lipinski definition) is 1. The van der Waals surface area contributed by atoms with Gasteiger partial charge in [0.1, 0.15) is 0 Å². The van der Waals surface area contributed by atoms with Crippen molar-refractivity contribution >= 4 is 5.91 Å². The van der Waals surface area contributed by atoms with E-state index in [-0.39, 0.29) is 17.9 Å². The van der Waals surface area contributed by atoms with Crippen LogP contribution in [0.2, 0.25) is 0 Å². The first kappa shape index (κ1) is 12.5. The summed E-state index contributed by atoms with van der Waals surface area (Å²) in [5, 5.41) is 0. The van der Waals surface area contributed by atoms with Gasteiger partial charge in [0.2, 0.25) is 5.91 Å². The predicted molar refractivity (Wildman–Crippen MR) is 62.3 cm³/mol. The molecule has 0 aromatic heterocycles. The average molecular weight is 212 g/mol. The zero-order valence-electron chi connectivity index (χ0n) is 10.4. The van der Waals surface area contributed by atoms with Crippen molar-refractivity contribution in [2.24, 2.45) is 23.5 Å². The molecule has 3 nitrogen and oxygen atoms in total. The molecule has 0 aromatic rings. The summed E-state index contributed by atoms with van der Waals surface area (Å²) in [4.78, 5) is 13.9. The topological polar surface area (TPSA) is 46.3 Å². The molecular weight excluding hydrogens is 188 g/mol. The lowest BCUT2D eigenvalue weighted by molar-refractivity contribution is -0.135. The Labute approximate surface area is 93.0 Å². The molecule has 0 aliphatic carbocycles. The van der Waals surface area contributed by atoms with E-state index >= 15 is 0 Å². The molecule has 1 heterocycles. The molecule has 1 rings (SSSR count). The zero-order valence-corrected chi connectivity index (χ0v) is 10.4. The number of nitrogens with zero attached hydrogens (tertiary/aromatic N) is 1. The van der Waals surface area contributed by atoms with Gasteiger partial charge < -0.3 is 10.6 Å². The highest BCUT2D eigenvalue weighted by Crippen LogP contribution is 2.23. The van der Waals surface area contributed by atoms with Gasteiger partial charge in [-0.3, -0.25) is 4.79 Å². The minimum atomic E-state index is -0.328. The SMILES string of the molecule is CC(C)[C@H](N)C(=O)N1CC[C@@H](C)[C@@H](C)C1. The van der Waals surface area contributed by atoms with Gasteiger partial charge in [-0.25, -0.2) is 0 Å². The van der Waals surface area contributed by atoms with Crippen LogP contribution >= 0.6 is 0 Å². The van der Waals surface area contributed by atoms with Gasteiger partial charge in [-0.05, 0) is 24.2 Å². The molecule has 0 saturated carbocycles. The highest BCUT2D eigenvalue weighted by atomic mass is 16.2. The van der Waals surface area contributed by atoms with Crippen LogP contribution < -0.4 is 5.73 Å². The van der Waals surface area contributed by atoms with Gasteiger partial charge in [0, 0.05) is 13.1 Å². The Morgan fingerprint density at radius 1 is 1.33 bits per heavy atom. The average Bonchev–Trinajstić information content (AvgIpc) is 2.19. The Bertz CT molecular complexity index is 228. The second-order valence-corrected chi connectivity index (χ2v) is 5.30. The van der Waals surface area contributed by atoms with Gasteiger partial charge >= 0.3 is 0 Å². The van der Waals surface area contributed by atoms with Gasteiger partial charge in [0.15, 0.2) is 0 Å². The maximum absolute atomic E-state index is 12.0. The summed E-state index contributed by atoms with van der Waals surface area (Å²) in [7, 11) is 0. The monoisotopic (exact) mass is 212 g/mol. The van der Waals surface area contributed by atoms with E-state index in [0.29, 0.717) is 5.92 Å². The molecule has 1 aliphatic heterocycles. The maximum Gasteiger partial charge on any atom is 0.239 e. The van der Waals surface area contributed by atoms with Gasteiger partial charge in [0.05, 0.1) is 6.04 Å². The molecule has 3 atom stereocenters. The number of carbonyl (C=O) groups is 1. The van der Waals surface area contributed by atoms with E-state index in [1.54, 1.807) is 0 Å². The third kappa shape index (κ3) is 2.94. The van der Waals surface area contributed by atoms with Crippen LogP contribution in [0.4, 0.5) is 0 Å². The third-order valence-electron chi connectivity index (χ3n) is 3.65. The first-order valence-electron chi connectivity index (χ1n) is 5.97. The van der Waals surface area contributed by atoms with Crippen molar-refractivity contribution in [2.45, 2.75) is 40.2 Å². The van der Waals surface area contributed by atoms with E-state index in [9.17, 15) is 4.79 Å². The second-order valence-electron chi connectivity index (χ2n) is 5.30. The van der Waals surface area contributed by atoms with Crippen molar-refractivity contribution in [3.63, 3.8) is 0 Å². The van der Waals surface area contributed by atoms with Crippen molar-refractivity contribution < 1.29 is 4.79 Å². The predicted octanol–water partition coefficient (Wildman–Crippen LogP) is 1.47. The molecule has 3 heteroatoms. The molecule has 2 N–H and O–H groups in total. The smallest absolute Gasteiger partial charge is 0.239 e. The lowest BCUT2D eigenvalue weighted by atomic mass is 9.88. The molecule has 0 unspecified atom stereocenters. The van der Waals surface area contributed by atoms with Crippen LogP contribution in [0.3, 0.4) is 0 Å². The molecule has 1 fully saturated rings. The van der Waals surface area contributed by atoms with Crippen LogP contribution in [-0.4, -0.2) is 29.9 Å². The standard InChI is InChI=1S/C12H24N2O/c1-8(2)11(13)12(15)14-6-5-9(3)10(4)7-14/h8-11H,5-7,13H2,1-4H3/t9-,10+,11+/m1/s1. The lowest BCUT2D eigenvalue weighted by Gasteiger charge is -2.37. The molecule has 0 aromatic carbocycles. The molecular formula is C12H24N2O. The normalized spacial score (nSPS) is 29.3.